The number of hydrogen-bond acceptors (Lipinski definition) is 8. The van der Waals surface area contributed by atoms with Gasteiger partial charge in [-0.05, 0) is 70.2 Å². The third-order valence-corrected chi connectivity index (χ3v) is 9.00. The number of nitrogens with one attached hydrogen (secondary N) is 1. The Balaban J connectivity index is 1.33. The van der Waals surface area contributed by atoms with Crippen LogP contribution in [-0.4, -0.2) is 88.4 Å². The van der Waals surface area contributed by atoms with Crippen molar-refractivity contribution in [3.63, 3.8) is 0 Å². The Morgan fingerprint density at radius 3 is 2.51 bits per heavy atom. The first-order valence-electron chi connectivity index (χ1n) is 13.4. The monoisotopic (exact) mass is 508 g/mol. The lowest BCUT2D eigenvalue weighted by Gasteiger charge is -2.52. The molecular formula is C28H40N6O3. The minimum absolute atomic E-state index is 0.0174. The van der Waals surface area contributed by atoms with Crippen molar-refractivity contribution in [2.75, 3.05) is 46.2 Å². The van der Waals surface area contributed by atoms with Gasteiger partial charge < -0.3 is 15.2 Å². The van der Waals surface area contributed by atoms with E-state index in [1.54, 1.807) is 12.3 Å². The highest BCUT2D eigenvalue weighted by molar-refractivity contribution is 5.91. The van der Waals surface area contributed by atoms with Gasteiger partial charge in [0.05, 0.1) is 13.7 Å². The molecule has 2 aromatic rings. The van der Waals surface area contributed by atoms with Crippen molar-refractivity contribution in [2.45, 2.75) is 62.4 Å². The predicted molar refractivity (Wildman–Crippen MR) is 142 cm³/mol. The number of benzene rings is 1. The maximum absolute atomic E-state index is 13.0. The summed E-state index contributed by atoms with van der Waals surface area (Å²) in [7, 11) is 5.85. The summed E-state index contributed by atoms with van der Waals surface area (Å²) in [4.78, 5) is 27.8. The highest BCUT2D eigenvalue weighted by Gasteiger charge is 2.55. The van der Waals surface area contributed by atoms with Crippen LogP contribution < -0.4 is 10.1 Å². The van der Waals surface area contributed by atoms with Gasteiger partial charge in [0, 0.05) is 30.4 Å². The molecule has 200 valence electrons. The van der Waals surface area contributed by atoms with Gasteiger partial charge in [0.15, 0.2) is 6.35 Å². The Hall–Kier alpha value is -2.59. The SMILES string of the molecule is COc1nccc(NC(=O)CN2C[C@]3(CC[C@](c4ccccc4)(N(C)C)CC3)N(CC3CCC3)C2O)n1. The summed E-state index contributed by atoms with van der Waals surface area (Å²) in [6, 6.07) is 12.7. The zero-order valence-electron chi connectivity index (χ0n) is 22.3. The van der Waals surface area contributed by atoms with Crippen LogP contribution in [0.25, 0.3) is 0 Å². The molecule has 1 spiro atoms. The van der Waals surface area contributed by atoms with E-state index in [1.807, 2.05) is 4.90 Å². The van der Waals surface area contributed by atoms with Gasteiger partial charge in [-0.3, -0.25) is 19.5 Å². The molecule has 1 aliphatic heterocycles. The van der Waals surface area contributed by atoms with Crippen molar-refractivity contribution in [2.24, 2.45) is 5.92 Å². The Bertz CT molecular complexity index is 1070. The van der Waals surface area contributed by atoms with Crippen LogP contribution in [0, 0.1) is 5.92 Å². The largest absolute Gasteiger partial charge is 0.467 e. The number of methoxy groups -OCH3 is 1. The third kappa shape index (κ3) is 5.10. The Morgan fingerprint density at radius 1 is 1.16 bits per heavy atom. The van der Waals surface area contributed by atoms with Gasteiger partial charge in [-0.15, -0.1) is 0 Å². The van der Waals surface area contributed by atoms with E-state index in [4.69, 9.17) is 4.74 Å². The molecule has 0 radical (unpaired) electrons. The minimum Gasteiger partial charge on any atom is -0.467 e. The smallest absolute Gasteiger partial charge is 0.318 e. The van der Waals surface area contributed by atoms with Crippen LogP contribution in [0.1, 0.15) is 50.5 Å². The summed E-state index contributed by atoms with van der Waals surface area (Å²) < 4.78 is 5.06. The molecule has 2 N–H and O–H groups in total. The number of carbonyl (C=O) groups excluding carboxylic acids is 1. The van der Waals surface area contributed by atoms with Crippen molar-refractivity contribution in [1.82, 2.24) is 24.7 Å². The number of aromatic nitrogens is 2. The number of ether oxygens (including phenoxy) is 1. The Morgan fingerprint density at radius 2 is 1.89 bits per heavy atom. The fourth-order valence-corrected chi connectivity index (χ4v) is 6.56. The average molecular weight is 509 g/mol. The van der Waals surface area contributed by atoms with Crippen LogP contribution in [0.4, 0.5) is 5.82 Å². The first kappa shape index (κ1) is 26.0. The zero-order valence-corrected chi connectivity index (χ0v) is 22.3. The summed E-state index contributed by atoms with van der Waals surface area (Å²) in [6.45, 7) is 1.68. The molecule has 9 heteroatoms. The summed E-state index contributed by atoms with van der Waals surface area (Å²) in [5.74, 6) is 0.814. The highest BCUT2D eigenvalue weighted by atomic mass is 16.5. The lowest BCUT2D eigenvalue weighted by atomic mass is 9.68. The van der Waals surface area contributed by atoms with Crippen molar-refractivity contribution in [3.05, 3.63) is 48.2 Å². The number of anilines is 1. The number of aliphatic hydroxyl groups excluding tert-OH is 1. The summed E-state index contributed by atoms with van der Waals surface area (Å²) in [5, 5.41) is 14.3. The molecule has 1 aromatic carbocycles. The molecule has 1 saturated heterocycles. The summed E-state index contributed by atoms with van der Waals surface area (Å²) in [6.07, 6.45) is 8.48. The van der Waals surface area contributed by atoms with Crippen molar-refractivity contribution < 1.29 is 14.6 Å². The maximum atomic E-state index is 13.0. The van der Waals surface area contributed by atoms with Crippen LogP contribution in [0.5, 0.6) is 6.01 Å². The van der Waals surface area contributed by atoms with E-state index in [-0.39, 0.29) is 29.5 Å². The van der Waals surface area contributed by atoms with Gasteiger partial charge in [0.1, 0.15) is 5.82 Å². The van der Waals surface area contributed by atoms with Gasteiger partial charge in [-0.1, -0.05) is 36.8 Å². The second kappa shape index (κ2) is 10.6. The molecule has 37 heavy (non-hydrogen) atoms. The Labute approximate surface area is 219 Å². The van der Waals surface area contributed by atoms with Crippen molar-refractivity contribution >= 4 is 11.7 Å². The van der Waals surface area contributed by atoms with Crippen molar-refractivity contribution in [1.29, 1.82) is 0 Å². The molecule has 9 nitrogen and oxygen atoms in total. The van der Waals surface area contributed by atoms with Crippen LogP contribution >= 0.6 is 0 Å². The number of amides is 1. The second-order valence-electron chi connectivity index (χ2n) is 11.2. The molecule has 1 atom stereocenters. The third-order valence-electron chi connectivity index (χ3n) is 9.00. The molecule has 3 fully saturated rings. The average Bonchev–Trinajstić information content (AvgIpc) is 3.12. The minimum atomic E-state index is -0.769. The maximum Gasteiger partial charge on any atom is 0.318 e. The molecule has 2 aliphatic carbocycles. The molecule has 3 aliphatic rings. The quantitative estimate of drug-likeness (QED) is 0.562. The van der Waals surface area contributed by atoms with E-state index in [0.29, 0.717) is 18.3 Å². The number of hydrogen-bond donors (Lipinski definition) is 2. The summed E-state index contributed by atoms with van der Waals surface area (Å²) in [5.41, 5.74) is 1.20. The molecule has 5 rings (SSSR count). The fourth-order valence-electron chi connectivity index (χ4n) is 6.56. The summed E-state index contributed by atoms with van der Waals surface area (Å²) >= 11 is 0. The lowest BCUT2D eigenvalue weighted by molar-refractivity contribution is -0.126. The van der Waals surface area contributed by atoms with Gasteiger partial charge >= 0.3 is 6.01 Å². The molecule has 0 bridgehead atoms. The van der Waals surface area contributed by atoms with E-state index in [1.165, 1.54) is 31.9 Å². The molecule has 1 amide bonds. The number of aliphatic hydroxyl groups is 1. The van der Waals surface area contributed by atoms with E-state index in [2.05, 4.69) is 69.5 Å². The van der Waals surface area contributed by atoms with E-state index < -0.39 is 6.35 Å². The van der Waals surface area contributed by atoms with Crippen LogP contribution in [0.3, 0.4) is 0 Å². The zero-order chi connectivity index (χ0) is 26.0. The van der Waals surface area contributed by atoms with E-state index in [0.717, 1.165) is 32.2 Å². The van der Waals surface area contributed by atoms with Crippen LogP contribution in [-0.2, 0) is 10.3 Å². The van der Waals surface area contributed by atoms with E-state index >= 15 is 0 Å². The first-order valence-corrected chi connectivity index (χ1v) is 13.4. The molecule has 2 saturated carbocycles. The number of carbonyl (C=O) groups is 1. The lowest BCUT2D eigenvalue weighted by Crippen LogP contribution is -2.57. The second-order valence-corrected chi connectivity index (χ2v) is 11.2. The Kier molecular flexibility index (Phi) is 7.49. The van der Waals surface area contributed by atoms with Gasteiger partial charge in [0.2, 0.25) is 5.91 Å². The van der Waals surface area contributed by atoms with E-state index in [9.17, 15) is 9.90 Å². The first-order chi connectivity index (χ1) is 17.8. The topological polar surface area (TPSA) is 94.1 Å². The van der Waals surface area contributed by atoms with Gasteiger partial charge in [0.25, 0.3) is 0 Å². The fraction of sp³-hybridized carbons (Fsp3) is 0.607. The van der Waals surface area contributed by atoms with Crippen molar-refractivity contribution in [3.8, 4) is 6.01 Å². The molecule has 1 aromatic heterocycles. The van der Waals surface area contributed by atoms with Gasteiger partial charge in [-0.25, -0.2) is 4.98 Å². The number of rotatable bonds is 8. The molecule has 1 unspecified atom stereocenters. The highest BCUT2D eigenvalue weighted by Crippen LogP contribution is 2.50. The van der Waals surface area contributed by atoms with Crippen LogP contribution in [0.15, 0.2) is 42.6 Å². The molecular weight excluding hydrogens is 468 g/mol. The number of nitrogens with zero attached hydrogens (tertiary/aromatic N) is 5. The van der Waals surface area contributed by atoms with Crippen LogP contribution in [0.2, 0.25) is 0 Å². The molecule has 2 heterocycles. The standard InChI is InChI=1S/C28H40N6O3/c1-32(2)28(22-10-5-4-6-11-22)15-13-27(14-16-28)20-33(26(36)34(27)18-21-8-7-9-21)19-24(35)30-23-12-17-29-25(31-23)37-3/h4-6,10-12,17,21,26,36H,7-9,13-16,18-20H2,1-3H3,(H,29,30,31,35)/t26?,27-,28+. The predicted octanol–water partition coefficient (Wildman–Crippen LogP) is 2.89. The normalized spacial score (nSPS) is 28.9. The van der Waals surface area contributed by atoms with Gasteiger partial charge in [-0.2, -0.15) is 4.98 Å².